The van der Waals surface area contributed by atoms with E-state index in [1.54, 1.807) is 0 Å². The smallest absolute Gasteiger partial charge is 0.0849 e. The molecule has 0 heterocycles. The second kappa shape index (κ2) is 4.94. The molecule has 0 saturated heterocycles. The molecule has 0 aliphatic heterocycles. The van der Waals surface area contributed by atoms with Crippen molar-refractivity contribution in [2.75, 3.05) is 12.4 Å². The molecule has 2 aromatic rings. The van der Waals surface area contributed by atoms with Crippen LogP contribution in [0.5, 0.6) is 0 Å². The Morgan fingerprint density at radius 1 is 0.875 bits per heavy atom. The Labute approximate surface area is 97.8 Å². The van der Waals surface area contributed by atoms with E-state index in [9.17, 15) is 4.21 Å². The van der Waals surface area contributed by atoms with Gasteiger partial charge in [-0.15, -0.1) is 0 Å². The average Bonchev–Trinajstić information content (AvgIpc) is 2.39. The fourth-order valence-corrected chi connectivity index (χ4v) is 2.49. The molecular weight excluding hydrogens is 218 g/mol. The number of nitrogens with one attached hydrogen (secondary N) is 1. The molecule has 16 heavy (non-hydrogen) atoms. The van der Waals surface area contributed by atoms with Crippen molar-refractivity contribution >= 4 is 16.5 Å². The highest BCUT2D eigenvalue weighted by Gasteiger charge is 2.05. The van der Waals surface area contributed by atoms with E-state index in [4.69, 9.17) is 0 Å². The largest absolute Gasteiger partial charge is 0.388 e. The van der Waals surface area contributed by atoms with Crippen molar-refractivity contribution in [1.82, 2.24) is 0 Å². The normalized spacial score (nSPS) is 12.1. The van der Waals surface area contributed by atoms with Crippen LogP contribution < -0.4 is 5.32 Å². The van der Waals surface area contributed by atoms with Gasteiger partial charge in [-0.1, -0.05) is 18.2 Å². The van der Waals surface area contributed by atoms with Crippen molar-refractivity contribution in [2.45, 2.75) is 9.79 Å². The Bertz CT molecular complexity index is 479. The molecule has 0 amide bonds. The highest BCUT2D eigenvalue weighted by atomic mass is 32.2. The zero-order valence-corrected chi connectivity index (χ0v) is 9.83. The van der Waals surface area contributed by atoms with E-state index >= 15 is 0 Å². The van der Waals surface area contributed by atoms with Gasteiger partial charge < -0.3 is 5.32 Å². The van der Waals surface area contributed by atoms with E-state index in [2.05, 4.69) is 5.32 Å². The molecule has 3 heteroatoms. The molecular formula is C13H13NOS. The number of benzene rings is 2. The maximum absolute atomic E-state index is 12.1. The lowest BCUT2D eigenvalue weighted by atomic mass is 10.3. The fourth-order valence-electron chi connectivity index (χ4n) is 1.43. The molecule has 0 saturated carbocycles. The van der Waals surface area contributed by atoms with E-state index in [0.29, 0.717) is 0 Å². The zero-order valence-electron chi connectivity index (χ0n) is 9.01. The highest BCUT2D eigenvalue weighted by molar-refractivity contribution is 7.85. The van der Waals surface area contributed by atoms with Crippen molar-refractivity contribution in [2.24, 2.45) is 0 Å². The van der Waals surface area contributed by atoms with Gasteiger partial charge in [0.1, 0.15) is 0 Å². The third-order valence-corrected chi connectivity index (χ3v) is 3.71. The first-order valence-corrected chi connectivity index (χ1v) is 6.21. The SMILES string of the molecule is CNc1ccc(S(=O)c2ccccc2)cc1. The summed E-state index contributed by atoms with van der Waals surface area (Å²) in [6, 6.07) is 17.1. The molecule has 0 aromatic heterocycles. The first-order valence-electron chi connectivity index (χ1n) is 5.06. The van der Waals surface area contributed by atoms with Crippen LogP contribution in [-0.2, 0) is 10.8 Å². The molecule has 0 aliphatic carbocycles. The minimum absolute atomic E-state index is 0.824. The van der Waals surface area contributed by atoms with E-state index in [0.717, 1.165) is 15.5 Å². The van der Waals surface area contributed by atoms with Crippen molar-refractivity contribution in [3.05, 3.63) is 54.6 Å². The lowest BCUT2D eigenvalue weighted by Gasteiger charge is -2.03. The van der Waals surface area contributed by atoms with Gasteiger partial charge in [-0.3, -0.25) is 0 Å². The van der Waals surface area contributed by atoms with Crippen LogP contribution in [0.15, 0.2) is 64.4 Å². The van der Waals surface area contributed by atoms with Crippen LogP contribution in [0.4, 0.5) is 5.69 Å². The summed E-state index contributed by atoms with van der Waals surface area (Å²) < 4.78 is 12.1. The fraction of sp³-hybridized carbons (Fsp3) is 0.0769. The van der Waals surface area contributed by atoms with Crippen LogP contribution in [0, 0.1) is 0 Å². The summed E-state index contributed by atoms with van der Waals surface area (Å²) in [6.07, 6.45) is 0. The van der Waals surface area contributed by atoms with Gasteiger partial charge in [0.25, 0.3) is 0 Å². The molecule has 2 rings (SSSR count). The van der Waals surface area contributed by atoms with Crippen LogP contribution in [0.2, 0.25) is 0 Å². The second-order valence-corrected chi connectivity index (χ2v) is 4.84. The quantitative estimate of drug-likeness (QED) is 0.880. The summed E-state index contributed by atoms with van der Waals surface area (Å²) >= 11 is 0. The average molecular weight is 231 g/mol. The molecule has 0 radical (unpaired) electrons. The Morgan fingerprint density at radius 3 is 2.00 bits per heavy atom. The Morgan fingerprint density at radius 2 is 1.44 bits per heavy atom. The van der Waals surface area contributed by atoms with Crippen molar-refractivity contribution < 1.29 is 4.21 Å². The van der Waals surface area contributed by atoms with Gasteiger partial charge in [-0.2, -0.15) is 0 Å². The van der Waals surface area contributed by atoms with Crippen LogP contribution in [0.3, 0.4) is 0 Å². The first kappa shape index (κ1) is 10.9. The van der Waals surface area contributed by atoms with Gasteiger partial charge in [-0.25, -0.2) is 4.21 Å². The van der Waals surface area contributed by atoms with Gasteiger partial charge in [-0.05, 0) is 36.4 Å². The number of hydrogen-bond donors (Lipinski definition) is 1. The Balaban J connectivity index is 2.28. The van der Waals surface area contributed by atoms with E-state index in [1.807, 2.05) is 61.6 Å². The molecule has 2 nitrogen and oxygen atoms in total. The lowest BCUT2D eigenvalue weighted by molar-refractivity contribution is 0.683. The molecule has 0 fully saturated rings. The molecule has 0 spiro atoms. The topological polar surface area (TPSA) is 29.1 Å². The highest BCUT2D eigenvalue weighted by Crippen LogP contribution is 2.17. The van der Waals surface area contributed by atoms with Crippen LogP contribution in [0.25, 0.3) is 0 Å². The number of anilines is 1. The maximum atomic E-state index is 12.1. The molecule has 1 atom stereocenters. The lowest BCUT2D eigenvalue weighted by Crippen LogP contribution is -1.93. The maximum Gasteiger partial charge on any atom is 0.0849 e. The molecule has 0 bridgehead atoms. The summed E-state index contributed by atoms with van der Waals surface area (Å²) in [6.45, 7) is 0. The van der Waals surface area contributed by atoms with Crippen LogP contribution in [-0.4, -0.2) is 11.3 Å². The van der Waals surface area contributed by atoms with E-state index in [1.165, 1.54) is 0 Å². The summed E-state index contributed by atoms with van der Waals surface area (Å²) in [5.41, 5.74) is 1.02. The first-order chi connectivity index (χ1) is 7.81. The third kappa shape index (κ3) is 2.31. The Hall–Kier alpha value is -1.61. The standard InChI is InChI=1S/C13H13NOS/c1-14-11-7-9-13(10-8-11)16(15)12-5-3-2-4-6-12/h2-10,14H,1H3. The minimum Gasteiger partial charge on any atom is -0.388 e. The Kier molecular flexibility index (Phi) is 3.37. The van der Waals surface area contributed by atoms with Gasteiger partial charge in [0.2, 0.25) is 0 Å². The number of rotatable bonds is 3. The van der Waals surface area contributed by atoms with E-state index in [-0.39, 0.29) is 0 Å². The predicted molar refractivity (Wildman–Crippen MR) is 67.1 cm³/mol. The van der Waals surface area contributed by atoms with Gasteiger partial charge in [0.05, 0.1) is 10.8 Å². The summed E-state index contributed by atoms with van der Waals surface area (Å²) in [4.78, 5) is 1.66. The number of hydrogen-bond acceptors (Lipinski definition) is 2. The second-order valence-electron chi connectivity index (χ2n) is 3.36. The monoisotopic (exact) mass is 231 g/mol. The van der Waals surface area contributed by atoms with Crippen molar-refractivity contribution in [3.63, 3.8) is 0 Å². The van der Waals surface area contributed by atoms with Gasteiger partial charge >= 0.3 is 0 Å². The summed E-state index contributed by atoms with van der Waals surface area (Å²) in [5, 5.41) is 3.03. The molecule has 82 valence electrons. The molecule has 0 aliphatic rings. The predicted octanol–water partition coefficient (Wildman–Crippen LogP) is 2.90. The van der Waals surface area contributed by atoms with Crippen LogP contribution in [0.1, 0.15) is 0 Å². The third-order valence-electron chi connectivity index (χ3n) is 2.31. The van der Waals surface area contributed by atoms with Gasteiger partial charge in [0.15, 0.2) is 0 Å². The van der Waals surface area contributed by atoms with E-state index < -0.39 is 10.8 Å². The zero-order chi connectivity index (χ0) is 11.4. The molecule has 1 N–H and O–H groups in total. The summed E-state index contributed by atoms with van der Waals surface area (Å²) in [5.74, 6) is 0. The summed E-state index contributed by atoms with van der Waals surface area (Å²) in [7, 11) is 0.779. The molecule has 2 aromatic carbocycles. The van der Waals surface area contributed by atoms with Crippen LogP contribution >= 0.6 is 0 Å². The van der Waals surface area contributed by atoms with Crippen molar-refractivity contribution in [1.29, 1.82) is 0 Å². The minimum atomic E-state index is -1.08. The van der Waals surface area contributed by atoms with Crippen molar-refractivity contribution in [3.8, 4) is 0 Å². The van der Waals surface area contributed by atoms with Gasteiger partial charge in [0, 0.05) is 22.5 Å². The molecule has 1 unspecified atom stereocenters.